The average molecular weight is 349 g/mol. The SMILES string of the molecule is CCN1CC[N+](=c2cc(-c3ccc(OC)cc3)oc3ccccc23)CC1. The van der Waals surface area contributed by atoms with Gasteiger partial charge in [-0.3, -0.25) is 4.90 Å². The Morgan fingerprint density at radius 3 is 2.46 bits per heavy atom. The molecule has 0 N–H and O–H groups in total. The number of hydrogen-bond acceptors (Lipinski definition) is 3. The van der Waals surface area contributed by atoms with E-state index in [0.29, 0.717) is 0 Å². The number of rotatable bonds is 3. The van der Waals surface area contributed by atoms with Crippen molar-refractivity contribution in [2.75, 3.05) is 39.8 Å². The molecule has 0 radical (unpaired) electrons. The van der Waals surface area contributed by atoms with Crippen LogP contribution in [0.15, 0.2) is 59.0 Å². The highest BCUT2D eigenvalue weighted by Gasteiger charge is 2.19. The Hall–Kier alpha value is -2.59. The van der Waals surface area contributed by atoms with Crippen LogP contribution in [0.5, 0.6) is 5.75 Å². The van der Waals surface area contributed by atoms with Crippen LogP contribution in [0, 0.1) is 0 Å². The number of nitrogens with zero attached hydrogens (tertiary/aromatic N) is 2. The van der Waals surface area contributed by atoms with E-state index >= 15 is 0 Å². The molecule has 2 heterocycles. The predicted molar refractivity (Wildman–Crippen MR) is 105 cm³/mol. The molecule has 4 heteroatoms. The maximum Gasteiger partial charge on any atom is 0.214 e. The quantitative estimate of drug-likeness (QED) is 0.680. The molecule has 0 amide bonds. The molecule has 1 aromatic heterocycles. The molecule has 1 fully saturated rings. The molecule has 0 spiro atoms. The summed E-state index contributed by atoms with van der Waals surface area (Å²) in [4.78, 5) is 2.50. The third kappa shape index (κ3) is 3.25. The number of benzene rings is 2. The summed E-state index contributed by atoms with van der Waals surface area (Å²) < 4.78 is 14.0. The molecule has 0 bridgehead atoms. The Labute approximate surface area is 154 Å². The van der Waals surface area contributed by atoms with Crippen LogP contribution in [0.2, 0.25) is 0 Å². The van der Waals surface area contributed by atoms with E-state index in [9.17, 15) is 0 Å². The van der Waals surface area contributed by atoms with Crippen LogP contribution in [0.4, 0.5) is 0 Å². The van der Waals surface area contributed by atoms with E-state index in [1.807, 2.05) is 36.4 Å². The minimum Gasteiger partial charge on any atom is -0.497 e. The zero-order valence-electron chi connectivity index (χ0n) is 15.4. The van der Waals surface area contributed by atoms with Gasteiger partial charge < -0.3 is 9.15 Å². The van der Waals surface area contributed by atoms with Gasteiger partial charge in [-0.2, -0.15) is 0 Å². The van der Waals surface area contributed by atoms with Crippen molar-refractivity contribution in [1.82, 2.24) is 9.48 Å². The summed E-state index contributed by atoms with van der Waals surface area (Å²) >= 11 is 0. The van der Waals surface area contributed by atoms with Crippen molar-refractivity contribution >= 4 is 11.0 Å². The summed E-state index contributed by atoms with van der Waals surface area (Å²) in [7, 11) is 1.68. The second-order valence-corrected chi connectivity index (χ2v) is 6.64. The fourth-order valence-electron chi connectivity index (χ4n) is 3.58. The maximum absolute atomic E-state index is 6.22. The molecule has 0 unspecified atom stereocenters. The summed E-state index contributed by atoms with van der Waals surface area (Å²) in [5, 5.41) is 2.43. The zero-order valence-corrected chi connectivity index (χ0v) is 15.4. The summed E-state index contributed by atoms with van der Waals surface area (Å²) in [5.41, 5.74) is 1.98. The summed E-state index contributed by atoms with van der Waals surface area (Å²) in [6, 6.07) is 18.5. The lowest BCUT2D eigenvalue weighted by molar-refractivity contribution is 0.234. The normalized spacial score (nSPS) is 15.4. The first-order chi connectivity index (χ1) is 12.8. The van der Waals surface area contributed by atoms with Gasteiger partial charge in [0.1, 0.15) is 17.1 Å². The van der Waals surface area contributed by atoms with E-state index in [2.05, 4.69) is 34.6 Å². The van der Waals surface area contributed by atoms with Crippen LogP contribution in [-0.2, 0) is 0 Å². The molecule has 4 rings (SSSR count). The molecule has 1 aliphatic heterocycles. The van der Waals surface area contributed by atoms with Crippen molar-refractivity contribution in [3.8, 4) is 17.1 Å². The Bertz CT molecular complexity index is 963. The monoisotopic (exact) mass is 349 g/mol. The number of likely N-dealkylation sites (N-methyl/N-ethyl adjacent to an activating group) is 1. The van der Waals surface area contributed by atoms with Crippen LogP contribution in [0.25, 0.3) is 22.3 Å². The highest BCUT2D eigenvalue weighted by molar-refractivity contribution is 5.78. The van der Waals surface area contributed by atoms with Gasteiger partial charge in [0, 0.05) is 5.56 Å². The lowest BCUT2D eigenvalue weighted by Crippen LogP contribution is -2.47. The van der Waals surface area contributed by atoms with Crippen LogP contribution in [0.1, 0.15) is 6.92 Å². The molecule has 2 aromatic carbocycles. The van der Waals surface area contributed by atoms with Gasteiger partial charge in [0.25, 0.3) is 0 Å². The third-order valence-electron chi connectivity index (χ3n) is 5.19. The van der Waals surface area contributed by atoms with Crippen LogP contribution < -0.4 is 14.7 Å². The van der Waals surface area contributed by atoms with Gasteiger partial charge in [0.2, 0.25) is 5.36 Å². The van der Waals surface area contributed by atoms with E-state index < -0.39 is 0 Å². The molecule has 134 valence electrons. The van der Waals surface area contributed by atoms with Gasteiger partial charge in [-0.05, 0) is 42.9 Å². The Morgan fingerprint density at radius 2 is 1.77 bits per heavy atom. The van der Waals surface area contributed by atoms with Gasteiger partial charge in [-0.25, -0.2) is 4.58 Å². The van der Waals surface area contributed by atoms with Gasteiger partial charge >= 0.3 is 0 Å². The number of methoxy groups -OCH3 is 1. The zero-order chi connectivity index (χ0) is 17.9. The van der Waals surface area contributed by atoms with E-state index in [1.165, 1.54) is 10.7 Å². The molecule has 26 heavy (non-hydrogen) atoms. The molecular formula is C22H25N2O2+. The summed E-state index contributed by atoms with van der Waals surface area (Å²) in [6.07, 6.45) is 0. The van der Waals surface area contributed by atoms with Crippen LogP contribution >= 0.6 is 0 Å². The standard InChI is InChI=1S/C22H25N2O2/c1-3-23-12-14-24(15-13-23)20-16-22(17-8-10-18(25-2)11-9-17)26-21-7-5-4-6-19(20)21/h4-11,16H,3,12-15H2,1-2H3/q+1. The first kappa shape index (κ1) is 16.9. The maximum atomic E-state index is 6.22. The Morgan fingerprint density at radius 1 is 1.04 bits per heavy atom. The first-order valence-corrected chi connectivity index (χ1v) is 9.26. The molecule has 1 saturated heterocycles. The molecule has 1 aliphatic rings. The summed E-state index contributed by atoms with van der Waals surface area (Å²) in [6.45, 7) is 7.65. The van der Waals surface area contributed by atoms with Crippen molar-refractivity contribution in [3.63, 3.8) is 0 Å². The van der Waals surface area contributed by atoms with Gasteiger partial charge in [0.05, 0.1) is 31.7 Å². The van der Waals surface area contributed by atoms with E-state index in [1.54, 1.807) is 7.11 Å². The van der Waals surface area contributed by atoms with Crippen molar-refractivity contribution in [2.45, 2.75) is 6.92 Å². The molecule has 0 atom stereocenters. The second-order valence-electron chi connectivity index (χ2n) is 6.64. The summed E-state index contributed by atoms with van der Waals surface area (Å²) in [5.74, 6) is 1.74. The minimum atomic E-state index is 0.852. The number of fused-ring (bicyclic) bond motifs is 1. The number of piperazine rings is 1. The topological polar surface area (TPSA) is 28.6 Å². The lowest BCUT2D eigenvalue weighted by atomic mass is 10.1. The van der Waals surface area contributed by atoms with Crippen LogP contribution in [0.3, 0.4) is 0 Å². The lowest BCUT2D eigenvalue weighted by Gasteiger charge is -2.23. The molecular weight excluding hydrogens is 324 g/mol. The third-order valence-corrected chi connectivity index (χ3v) is 5.19. The molecule has 4 nitrogen and oxygen atoms in total. The second kappa shape index (κ2) is 7.34. The fraction of sp³-hybridized carbons (Fsp3) is 0.318. The van der Waals surface area contributed by atoms with Crippen LogP contribution in [-0.4, -0.2) is 44.7 Å². The number of para-hydroxylation sites is 1. The largest absolute Gasteiger partial charge is 0.497 e. The highest BCUT2D eigenvalue weighted by atomic mass is 16.5. The molecule has 3 aromatic rings. The van der Waals surface area contributed by atoms with E-state index in [4.69, 9.17) is 9.15 Å². The van der Waals surface area contributed by atoms with Crippen molar-refractivity contribution in [3.05, 3.63) is 60.0 Å². The minimum absolute atomic E-state index is 0.852. The van der Waals surface area contributed by atoms with Crippen molar-refractivity contribution < 1.29 is 9.15 Å². The molecule has 0 saturated carbocycles. The smallest absolute Gasteiger partial charge is 0.214 e. The Kier molecular flexibility index (Phi) is 4.76. The highest BCUT2D eigenvalue weighted by Crippen LogP contribution is 2.24. The van der Waals surface area contributed by atoms with E-state index in [-0.39, 0.29) is 0 Å². The van der Waals surface area contributed by atoms with Gasteiger partial charge in [0.15, 0.2) is 13.1 Å². The average Bonchev–Trinajstić information content (AvgIpc) is 2.73. The molecule has 0 aliphatic carbocycles. The Balaban J connectivity index is 1.86. The van der Waals surface area contributed by atoms with E-state index in [0.717, 1.165) is 55.4 Å². The van der Waals surface area contributed by atoms with Gasteiger partial charge in [-0.15, -0.1) is 0 Å². The van der Waals surface area contributed by atoms with Crippen molar-refractivity contribution in [2.24, 2.45) is 0 Å². The number of hydrogen-bond donors (Lipinski definition) is 0. The van der Waals surface area contributed by atoms with Gasteiger partial charge in [-0.1, -0.05) is 19.1 Å². The fourth-order valence-corrected chi connectivity index (χ4v) is 3.58. The van der Waals surface area contributed by atoms with Crippen molar-refractivity contribution in [1.29, 1.82) is 0 Å². The number of ether oxygens (including phenoxy) is 1. The first-order valence-electron chi connectivity index (χ1n) is 9.26. The predicted octanol–water partition coefficient (Wildman–Crippen LogP) is 3.22.